The predicted octanol–water partition coefficient (Wildman–Crippen LogP) is 3.77. The summed E-state index contributed by atoms with van der Waals surface area (Å²) in [4.78, 5) is 14.3. The molecular weight excluding hydrogens is 316 g/mol. The van der Waals surface area contributed by atoms with E-state index in [0.717, 1.165) is 11.4 Å². The number of hydrogen-bond donors (Lipinski definition) is 0. The maximum absolute atomic E-state index is 12.7. The molecule has 0 saturated heterocycles. The van der Waals surface area contributed by atoms with Gasteiger partial charge in [-0.2, -0.15) is 0 Å². The fourth-order valence-corrected chi connectivity index (χ4v) is 2.63. The largest absolute Gasteiger partial charge is 0.493 e. The third kappa shape index (κ3) is 3.35. The molecule has 5 nitrogen and oxygen atoms in total. The van der Waals surface area contributed by atoms with Gasteiger partial charge in [-0.1, -0.05) is 0 Å². The lowest BCUT2D eigenvalue weighted by atomic mass is 10.1. The van der Waals surface area contributed by atoms with Crippen LogP contribution in [0.2, 0.25) is 0 Å². The van der Waals surface area contributed by atoms with Gasteiger partial charge in [-0.05, 0) is 48.5 Å². The smallest absolute Gasteiger partial charge is 0.258 e. The summed E-state index contributed by atoms with van der Waals surface area (Å²) < 4.78 is 12.5. The lowest BCUT2D eigenvalue weighted by molar-refractivity contribution is 0.0993. The van der Waals surface area contributed by atoms with Crippen LogP contribution >= 0.6 is 0 Å². The molecule has 0 N–H and O–H groups in total. The van der Waals surface area contributed by atoms with Crippen molar-refractivity contribution in [1.29, 1.82) is 0 Å². The highest BCUT2D eigenvalue weighted by Crippen LogP contribution is 2.31. The molecule has 2 aromatic carbocycles. The Labute approximate surface area is 147 Å². The van der Waals surface area contributed by atoms with Gasteiger partial charge in [0.05, 0.1) is 14.2 Å². The first kappa shape index (κ1) is 16.6. The molecule has 3 rings (SSSR count). The van der Waals surface area contributed by atoms with E-state index in [-0.39, 0.29) is 5.91 Å². The molecule has 1 amide bonds. The monoisotopic (exact) mass is 336 g/mol. The first-order valence-corrected chi connectivity index (χ1v) is 7.87. The van der Waals surface area contributed by atoms with Crippen molar-refractivity contribution in [2.45, 2.75) is 0 Å². The molecule has 1 heterocycles. The van der Waals surface area contributed by atoms with E-state index in [1.165, 1.54) is 0 Å². The number of hydrogen-bond acceptors (Lipinski definition) is 3. The summed E-state index contributed by atoms with van der Waals surface area (Å²) in [5.74, 6) is 1.12. The second-order valence-electron chi connectivity index (χ2n) is 5.54. The fourth-order valence-electron chi connectivity index (χ4n) is 2.63. The van der Waals surface area contributed by atoms with Crippen molar-refractivity contribution in [3.63, 3.8) is 0 Å². The second kappa shape index (κ2) is 7.13. The van der Waals surface area contributed by atoms with E-state index in [0.29, 0.717) is 17.1 Å². The molecule has 0 fully saturated rings. The highest BCUT2D eigenvalue weighted by atomic mass is 16.5. The summed E-state index contributed by atoms with van der Waals surface area (Å²) in [6.45, 7) is 0. The van der Waals surface area contributed by atoms with Crippen molar-refractivity contribution in [2.24, 2.45) is 0 Å². The molecule has 0 saturated carbocycles. The second-order valence-corrected chi connectivity index (χ2v) is 5.54. The van der Waals surface area contributed by atoms with Gasteiger partial charge in [0.2, 0.25) is 0 Å². The highest BCUT2D eigenvalue weighted by Gasteiger charge is 2.15. The van der Waals surface area contributed by atoms with Gasteiger partial charge in [-0.25, -0.2) is 0 Å². The molecule has 0 atom stereocenters. The van der Waals surface area contributed by atoms with E-state index in [2.05, 4.69) is 0 Å². The average molecular weight is 336 g/mol. The summed E-state index contributed by atoms with van der Waals surface area (Å²) in [7, 11) is 4.89. The lowest BCUT2D eigenvalue weighted by Crippen LogP contribution is -2.26. The first-order chi connectivity index (χ1) is 12.1. The molecule has 0 radical (unpaired) electrons. The molecule has 0 spiro atoms. The van der Waals surface area contributed by atoms with E-state index in [1.54, 1.807) is 38.3 Å². The van der Waals surface area contributed by atoms with Gasteiger partial charge in [0.15, 0.2) is 11.5 Å². The van der Waals surface area contributed by atoms with Crippen LogP contribution in [0.3, 0.4) is 0 Å². The van der Waals surface area contributed by atoms with Crippen LogP contribution in [0.5, 0.6) is 11.5 Å². The van der Waals surface area contributed by atoms with Crippen molar-refractivity contribution in [3.05, 3.63) is 72.6 Å². The van der Waals surface area contributed by atoms with E-state index in [9.17, 15) is 4.79 Å². The molecule has 128 valence electrons. The maximum Gasteiger partial charge on any atom is 0.258 e. The Morgan fingerprint density at radius 2 is 1.56 bits per heavy atom. The molecule has 0 aliphatic rings. The average Bonchev–Trinajstić information content (AvgIpc) is 3.21. The van der Waals surface area contributed by atoms with Gasteiger partial charge in [0.1, 0.15) is 0 Å². The molecule has 0 unspecified atom stereocenters. The zero-order valence-corrected chi connectivity index (χ0v) is 14.5. The number of ether oxygens (including phenoxy) is 2. The number of benzene rings is 2. The number of amides is 1. The Balaban J connectivity index is 1.82. The zero-order valence-electron chi connectivity index (χ0n) is 14.5. The van der Waals surface area contributed by atoms with Crippen molar-refractivity contribution in [3.8, 4) is 17.2 Å². The summed E-state index contributed by atoms with van der Waals surface area (Å²) in [5, 5.41) is 0. The van der Waals surface area contributed by atoms with Crippen LogP contribution < -0.4 is 14.4 Å². The van der Waals surface area contributed by atoms with Gasteiger partial charge in [-0.15, -0.1) is 0 Å². The first-order valence-electron chi connectivity index (χ1n) is 7.87. The van der Waals surface area contributed by atoms with Gasteiger partial charge in [0, 0.05) is 42.4 Å². The Kier molecular flexibility index (Phi) is 4.75. The van der Waals surface area contributed by atoms with E-state index < -0.39 is 0 Å². The van der Waals surface area contributed by atoms with Crippen LogP contribution in [0.15, 0.2) is 67.0 Å². The Hall–Kier alpha value is -3.21. The number of carbonyl (C=O) groups is 1. The summed E-state index contributed by atoms with van der Waals surface area (Å²) in [5.41, 5.74) is 2.36. The van der Waals surface area contributed by atoms with E-state index in [1.807, 2.05) is 59.4 Å². The molecule has 5 heteroatoms. The molecule has 3 aromatic rings. The molecule has 0 bridgehead atoms. The predicted molar refractivity (Wildman–Crippen MR) is 98.0 cm³/mol. The highest BCUT2D eigenvalue weighted by molar-refractivity contribution is 6.06. The number of aromatic nitrogens is 1. The molecule has 0 aliphatic heterocycles. The van der Waals surface area contributed by atoms with Crippen LogP contribution in [0.25, 0.3) is 5.69 Å². The van der Waals surface area contributed by atoms with Crippen molar-refractivity contribution in [2.75, 3.05) is 26.2 Å². The third-order valence-corrected chi connectivity index (χ3v) is 4.08. The van der Waals surface area contributed by atoms with Crippen LogP contribution in [0.1, 0.15) is 10.4 Å². The topological polar surface area (TPSA) is 43.7 Å². The lowest BCUT2D eigenvalue weighted by Gasteiger charge is -2.19. The van der Waals surface area contributed by atoms with E-state index >= 15 is 0 Å². The van der Waals surface area contributed by atoms with Crippen LogP contribution in [-0.4, -0.2) is 31.7 Å². The maximum atomic E-state index is 12.7. The minimum atomic E-state index is -0.0914. The molecule has 0 aliphatic carbocycles. The summed E-state index contributed by atoms with van der Waals surface area (Å²) >= 11 is 0. The van der Waals surface area contributed by atoms with Gasteiger partial charge < -0.3 is 18.9 Å². The van der Waals surface area contributed by atoms with Crippen LogP contribution in [-0.2, 0) is 0 Å². The Morgan fingerprint density at radius 1 is 0.920 bits per heavy atom. The minimum Gasteiger partial charge on any atom is -0.493 e. The number of carbonyl (C=O) groups excluding carboxylic acids is 1. The van der Waals surface area contributed by atoms with E-state index in [4.69, 9.17) is 9.47 Å². The van der Waals surface area contributed by atoms with Crippen LogP contribution in [0.4, 0.5) is 5.69 Å². The normalized spacial score (nSPS) is 10.4. The molecule has 1 aromatic heterocycles. The SMILES string of the molecule is COc1ccc(N(C)C(=O)c2ccc(-n3cccc3)cc2)cc1OC. The Bertz CT molecular complexity index is 855. The number of anilines is 1. The fraction of sp³-hybridized carbons (Fsp3) is 0.150. The molecule has 25 heavy (non-hydrogen) atoms. The minimum absolute atomic E-state index is 0.0914. The summed E-state index contributed by atoms with van der Waals surface area (Å²) in [6.07, 6.45) is 3.93. The zero-order chi connectivity index (χ0) is 17.8. The third-order valence-electron chi connectivity index (χ3n) is 4.08. The van der Waals surface area contributed by atoms with Gasteiger partial charge in [-0.3, -0.25) is 4.79 Å². The van der Waals surface area contributed by atoms with Gasteiger partial charge >= 0.3 is 0 Å². The Morgan fingerprint density at radius 3 is 2.16 bits per heavy atom. The van der Waals surface area contributed by atoms with Crippen LogP contribution in [0, 0.1) is 0 Å². The van der Waals surface area contributed by atoms with Crippen molar-refractivity contribution < 1.29 is 14.3 Å². The van der Waals surface area contributed by atoms with Gasteiger partial charge in [0.25, 0.3) is 5.91 Å². The number of nitrogens with zero attached hydrogens (tertiary/aromatic N) is 2. The standard InChI is InChI=1S/C20H20N2O3/c1-21(17-10-11-18(24-2)19(14-17)25-3)20(23)15-6-8-16(9-7-15)22-12-4-5-13-22/h4-14H,1-3H3. The number of rotatable bonds is 5. The summed E-state index contributed by atoms with van der Waals surface area (Å²) in [6, 6.07) is 16.8. The van der Waals surface area contributed by atoms with Crippen molar-refractivity contribution >= 4 is 11.6 Å². The number of methoxy groups -OCH3 is 2. The molecular formula is C20H20N2O3. The van der Waals surface area contributed by atoms with Crippen molar-refractivity contribution in [1.82, 2.24) is 4.57 Å². The quantitative estimate of drug-likeness (QED) is 0.712.